The van der Waals surface area contributed by atoms with Crippen LogP contribution in [-0.4, -0.2) is 47.1 Å². The van der Waals surface area contributed by atoms with Gasteiger partial charge in [0.2, 0.25) is 17.6 Å². The molecule has 7 nitrogen and oxygen atoms in total. The number of furan rings is 1. The van der Waals surface area contributed by atoms with Crippen LogP contribution in [0.4, 0.5) is 0 Å². The largest absolute Gasteiger partial charge is 0.461 e. The zero-order valence-electron chi connectivity index (χ0n) is 11.9. The van der Waals surface area contributed by atoms with Gasteiger partial charge in [-0.05, 0) is 25.1 Å². The predicted molar refractivity (Wildman–Crippen MR) is 74.4 cm³/mol. The quantitative estimate of drug-likeness (QED) is 0.887. The summed E-state index contributed by atoms with van der Waals surface area (Å²) in [7, 11) is 1.85. The van der Waals surface area contributed by atoms with Crippen LogP contribution in [0.15, 0.2) is 27.3 Å². The van der Waals surface area contributed by atoms with Crippen LogP contribution < -0.4 is 5.32 Å². The average Bonchev–Trinajstić information content (AvgIpc) is 3.25. The van der Waals surface area contributed by atoms with Crippen LogP contribution in [-0.2, 0) is 11.2 Å². The van der Waals surface area contributed by atoms with Crippen molar-refractivity contribution in [3.05, 3.63) is 24.3 Å². The van der Waals surface area contributed by atoms with Crippen LogP contribution in [0, 0.1) is 0 Å². The fraction of sp³-hybridized carbons (Fsp3) is 0.500. The molecule has 1 atom stereocenters. The second kappa shape index (κ2) is 6.09. The summed E-state index contributed by atoms with van der Waals surface area (Å²) in [6.07, 6.45) is 3.37. The van der Waals surface area contributed by atoms with Crippen molar-refractivity contribution in [1.82, 2.24) is 20.4 Å². The number of hydrogen-bond donors (Lipinski definition) is 1. The molecule has 1 fully saturated rings. The molecule has 21 heavy (non-hydrogen) atoms. The molecule has 3 heterocycles. The zero-order chi connectivity index (χ0) is 14.7. The van der Waals surface area contributed by atoms with Gasteiger partial charge in [-0.25, -0.2) is 0 Å². The molecule has 1 aliphatic heterocycles. The lowest BCUT2D eigenvalue weighted by Gasteiger charge is -2.23. The number of hydrogen-bond acceptors (Lipinski definition) is 6. The van der Waals surface area contributed by atoms with Crippen LogP contribution in [0.5, 0.6) is 0 Å². The lowest BCUT2D eigenvalue weighted by Crippen LogP contribution is -2.38. The Morgan fingerprint density at radius 3 is 3.19 bits per heavy atom. The maximum atomic E-state index is 12.1. The summed E-state index contributed by atoms with van der Waals surface area (Å²) in [5.74, 6) is 1.52. The number of aromatic nitrogens is 2. The summed E-state index contributed by atoms with van der Waals surface area (Å²) < 4.78 is 10.3. The maximum absolute atomic E-state index is 12.1. The van der Waals surface area contributed by atoms with Crippen molar-refractivity contribution in [2.24, 2.45) is 0 Å². The lowest BCUT2D eigenvalue weighted by atomic mass is 10.2. The normalized spacial score (nSPS) is 18.0. The first-order valence-electron chi connectivity index (χ1n) is 7.07. The molecule has 1 aliphatic rings. The van der Waals surface area contributed by atoms with Gasteiger partial charge in [0.25, 0.3) is 0 Å². The number of aryl methyl sites for hydroxylation is 1. The second-order valence-electron chi connectivity index (χ2n) is 5.14. The molecule has 0 bridgehead atoms. The summed E-state index contributed by atoms with van der Waals surface area (Å²) in [5, 5.41) is 7.10. The van der Waals surface area contributed by atoms with Gasteiger partial charge in [0.1, 0.15) is 0 Å². The van der Waals surface area contributed by atoms with Crippen LogP contribution >= 0.6 is 0 Å². The SMILES string of the molecule is CN(C(=O)CCc1nc(-c2ccco2)no1)C1CCNC1. The van der Waals surface area contributed by atoms with Crippen molar-refractivity contribution in [3.8, 4) is 11.6 Å². The van der Waals surface area contributed by atoms with E-state index in [1.807, 2.05) is 11.9 Å². The Labute approximate surface area is 122 Å². The first kappa shape index (κ1) is 13.8. The molecule has 0 aliphatic carbocycles. The number of likely N-dealkylation sites (N-methyl/N-ethyl adjacent to an activating group) is 1. The summed E-state index contributed by atoms with van der Waals surface area (Å²) in [6.45, 7) is 1.84. The van der Waals surface area contributed by atoms with Gasteiger partial charge in [0, 0.05) is 32.5 Å². The van der Waals surface area contributed by atoms with E-state index in [0.29, 0.717) is 36.4 Å². The Morgan fingerprint density at radius 1 is 1.57 bits per heavy atom. The van der Waals surface area contributed by atoms with Crippen LogP contribution in [0.2, 0.25) is 0 Å². The molecule has 112 valence electrons. The van der Waals surface area contributed by atoms with Crippen molar-refractivity contribution >= 4 is 5.91 Å². The zero-order valence-corrected chi connectivity index (χ0v) is 11.9. The third-order valence-electron chi connectivity index (χ3n) is 3.74. The maximum Gasteiger partial charge on any atom is 0.238 e. The van der Waals surface area contributed by atoms with Gasteiger partial charge in [-0.2, -0.15) is 4.98 Å². The van der Waals surface area contributed by atoms with Crippen molar-refractivity contribution < 1.29 is 13.7 Å². The van der Waals surface area contributed by atoms with E-state index in [0.717, 1.165) is 19.5 Å². The number of rotatable bonds is 5. The fourth-order valence-electron chi connectivity index (χ4n) is 2.43. The molecule has 1 unspecified atom stereocenters. The van der Waals surface area contributed by atoms with E-state index in [9.17, 15) is 4.79 Å². The highest BCUT2D eigenvalue weighted by Gasteiger charge is 2.23. The molecule has 1 N–H and O–H groups in total. The van der Waals surface area contributed by atoms with Crippen LogP contribution in [0.25, 0.3) is 11.6 Å². The number of carbonyl (C=O) groups is 1. The minimum absolute atomic E-state index is 0.0986. The summed E-state index contributed by atoms with van der Waals surface area (Å²) in [6, 6.07) is 3.82. The third kappa shape index (κ3) is 3.13. The molecule has 0 aromatic carbocycles. The first-order chi connectivity index (χ1) is 10.2. The van der Waals surface area contributed by atoms with Crippen molar-refractivity contribution in [2.45, 2.75) is 25.3 Å². The lowest BCUT2D eigenvalue weighted by molar-refractivity contribution is -0.131. The Kier molecular flexibility index (Phi) is 4.01. The number of nitrogens with one attached hydrogen (secondary N) is 1. The molecular formula is C14H18N4O3. The van der Waals surface area contributed by atoms with Crippen molar-refractivity contribution in [3.63, 3.8) is 0 Å². The summed E-state index contributed by atoms with van der Waals surface area (Å²) >= 11 is 0. The van der Waals surface area contributed by atoms with Gasteiger partial charge in [0.15, 0.2) is 5.76 Å². The summed E-state index contributed by atoms with van der Waals surface area (Å²) in [4.78, 5) is 18.2. The molecule has 2 aromatic heterocycles. The van der Waals surface area contributed by atoms with E-state index in [4.69, 9.17) is 8.94 Å². The predicted octanol–water partition coefficient (Wildman–Crippen LogP) is 1.08. The molecule has 1 saturated heterocycles. The highest BCUT2D eigenvalue weighted by molar-refractivity contribution is 5.76. The van der Waals surface area contributed by atoms with Crippen molar-refractivity contribution in [2.75, 3.05) is 20.1 Å². The molecule has 7 heteroatoms. The molecule has 3 rings (SSSR count). The standard InChI is InChI=1S/C14H18N4O3/c1-18(10-6-7-15-9-10)13(19)5-4-12-16-14(17-21-12)11-3-2-8-20-11/h2-3,8,10,15H,4-7,9H2,1H3. The Balaban J connectivity index is 1.54. The first-order valence-corrected chi connectivity index (χ1v) is 7.07. The Bertz CT molecular complexity index is 587. The number of nitrogens with zero attached hydrogens (tertiary/aromatic N) is 3. The van der Waals surface area contributed by atoms with Gasteiger partial charge in [0.05, 0.1) is 6.26 Å². The molecule has 1 amide bonds. The molecule has 2 aromatic rings. The molecule has 0 saturated carbocycles. The minimum atomic E-state index is 0.0986. The highest BCUT2D eigenvalue weighted by Crippen LogP contribution is 2.16. The van der Waals surface area contributed by atoms with Gasteiger partial charge in [-0.3, -0.25) is 4.79 Å². The second-order valence-corrected chi connectivity index (χ2v) is 5.14. The fourth-order valence-corrected chi connectivity index (χ4v) is 2.43. The average molecular weight is 290 g/mol. The topological polar surface area (TPSA) is 84.4 Å². The molecule has 0 radical (unpaired) electrons. The summed E-state index contributed by atoms with van der Waals surface area (Å²) in [5.41, 5.74) is 0. The van der Waals surface area contributed by atoms with E-state index in [1.54, 1.807) is 18.4 Å². The Morgan fingerprint density at radius 2 is 2.48 bits per heavy atom. The van der Waals surface area contributed by atoms with Gasteiger partial charge >= 0.3 is 0 Å². The minimum Gasteiger partial charge on any atom is -0.461 e. The molecule has 0 spiro atoms. The smallest absolute Gasteiger partial charge is 0.238 e. The third-order valence-corrected chi connectivity index (χ3v) is 3.74. The van der Waals surface area contributed by atoms with Crippen molar-refractivity contribution in [1.29, 1.82) is 0 Å². The number of amides is 1. The van der Waals surface area contributed by atoms with E-state index in [2.05, 4.69) is 15.5 Å². The van der Waals surface area contributed by atoms with E-state index in [-0.39, 0.29) is 5.91 Å². The van der Waals surface area contributed by atoms with Crippen LogP contribution in [0.3, 0.4) is 0 Å². The van der Waals surface area contributed by atoms with Gasteiger partial charge in [-0.1, -0.05) is 5.16 Å². The van der Waals surface area contributed by atoms with Crippen LogP contribution in [0.1, 0.15) is 18.7 Å². The van der Waals surface area contributed by atoms with E-state index >= 15 is 0 Å². The Hall–Kier alpha value is -2.15. The number of carbonyl (C=O) groups excluding carboxylic acids is 1. The van der Waals surface area contributed by atoms with E-state index < -0.39 is 0 Å². The monoisotopic (exact) mass is 290 g/mol. The molecular weight excluding hydrogens is 272 g/mol. The van der Waals surface area contributed by atoms with Gasteiger partial charge in [-0.15, -0.1) is 0 Å². The highest BCUT2D eigenvalue weighted by atomic mass is 16.5. The van der Waals surface area contributed by atoms with E-state index in [1.165, 1.54) is 0 Å². The van der Waals surface area contributed by atoms with Gasteiger partial charge < -0.3 is 19.2 Å².